The third-order valence-electron chi connectivity index (χ3n) is 7.06. The molecule has 1 fully saturated rings. The minimum Gasteiger partial charge on any atom is -0.412 e. The second kappa shape index (κ2) is 8.26. The van der Waals surface area contributed by atoms with Gasteiger partial charge in [-0.2, -0.15) is 0 Å². The minimum absolute atomic E-state index is 0.104. The Hall–Kier alpha value is -0.483. The molecule has 0 saturated heterocycles. The predicted molar refractivity (Wildman–Crippen MR) is 114 cm³/mol. The SMILES string of the molecule is C[C@@H]1CC(CC[C@@]2(C)CCCCC2=O)=NC[C@H](O[Si](C)(C)C(C)(C)C)C1. The van der Waals surface area contributed by atoms with Crippen LogP contribution in [-0.2, 0) is 9.22 Å². The van der Waals surface area contributed by atoms with E-state index in [1.54, 1.807) is 0 Å². The summed E-state index contributed by atoms with van der Waals surface area (Å²) in [5, 5.41) is 0.241. The quantitative estimate of drug-likeness (QED) is 0.535. The average molecular weight is 380 g/mol. The summed E-state index contributed by atoms with van der Waals surface area (Å²) in [5.74, 6) is 1.09. The van der Waals surface area contributed by atoms with E-state index < -0.39 is 8.32 Å². The molecule has 0 unspecified atom stereocenters. The van der Waals surface area contributed by atoms with Gasteiger partial charge >= 0.3 is 0 Å². The highest BCUT2D eigenvalue weighted by Gasteiger charge is 2.40. The zero-order valence-corrected chi connectivity index (χ0v) is 19.3. The molecule has 0 aromatic rings. The fourth-order valence-electron chi connectivity index (χ4n) is 4.09. The lowest BCUT2D eigenvalue weighted by molar-refractivity contribution is -0.130. The van der Waals surface area contributed by atoms with E-state index in [0.717, 1.165) is 51.5 Å². The van der Waals surface area contributed by atoms with Crippen LogP contribution in [0.4, 0.5) is 0 Å². The van der Waals surface area contributed by atoms with E-state index >= 15 is 0 Å². The Labute approximate surface area is 162 Å². The molecule has 0 aromatic carbocycles. The lowest BCUT2D eigenvalue weighted by atomic mass is 9.71. The highest BCUT2D eigenvalue weighted by molar-refractivity contribution is 6.74. The molecule has 150 valence electrons. The Morgan fingerprint density at radius 1 is 1.27 bits per heavy atom. The summed E-state index contributed by atoms with van der Waals surface area (Å²) in [5.41, 5.74) is 1.21. The van der Waals surface area contributed by atoms with E-state index in [1.165, 1.54) is 12.1 Å². The van der Waals surface area contributed by atoms with Gasteiger partial charge in [-0.05, 0) is 62.6 Å². The Bertz CT molecular complexity index is 535. The van der Waals surface area contributed by atoms with Crippen LogP contribution < -0.4 is 0 Å². The second-order valence-corrected chi connectivity index (χ2v) is 15.4. The largest absolute Gasteiger partial charge is 0.412 e. The topological polar surface area (TPSA) is 38.7 Å². The smallest absolute Gasteiger partial charge is 0.192 e. The monoisotopic (exact) mass is 379 g/mol. The van der Waals surface area contributed by atoms with Crippen molar-refractivity contribution in [2.45, 2.75) is 110 Å². The van der Waals surface area contributed by atoms with E-state index in [0.29, 0.717) is 11.7 Å². The molecule has 0 N–H and O–H groups in total. The number of hydrogen-bond donors (Lipinski definition) is 0. The molecule has 1 saturated carbocycles. The number of rotatable bonds is 5. The maximum atomic E-state index is 12.4. The van der Waals surface area contributed by atoms with Crippen LogP contribution in [-0.4, -0.2) is 32.5 Å². The van der Waals surface area contributed by atoms with Crippen LogP contribution in [0.1, 0.15) is 86.0 Å². The van der Waals surface area contributed by atoms with Crippen molar-refractivity contribution in [1.82, 2.24) is 0 Å². The van der Waals surface area contributed by atoms with E-state index in [-0.39, 0.29) is 16.6 Å². The van der Waals surface area contributed by atoms with Crippen molar-refractivity contribution >= 4 is 19.8 Å². The molecule has 2 rings (SSSR count). The zero-order valence-electron chi connectivity index (χ0n) is 18.3. The third kappa shape index (κ3) is 5.51. The molecular formula is C22H41NO2Si. The normalized spacial score (nSPS) is 31.5. The van der Waals surface area contributed by atoms with Crippen molar-refractivity contribution in [3.8, 4) is 0 Å². The van der Waals surface area contributed by atoms with Crippen LogP contribution in [0, 0.1) is 11.3 Å². The highest BCUT2D eigenvalue weighted by Crippen LogP contribution is 2.39. The summed E-state index contributed by atoms with van der Waals surface area (Å²) >= 11 is 0. The van der Waals surface area contributed by atoms with Crippen LogP contribution in [0.2, 0.25) is 18.1 Å². The van der Waals surface area contributed by atoms with Crippen molar-refractivity contribution < 1.29 is 9.22 Å². The summed E-state index contributed by atoms with van der Waals surface area (Å²) in [7, 11) is -1.75. The summed E-state index contributed by atoms with van der Waals surface area (Å²) in [6.07, 6.45) is 8.53. The maximum absolute atomic E-state index is 12.4. The summed E-state index contributed by atoms with van der Waals surface area (Å²) in [6, 6.07) is 0. The standard InChI is InChI=1S/C22H41NO2Si/c1-17-14-18(11-13-22(5)12-9-8-10-20(22)24)23-16-19(15-17)25-26(6,7)21(2,3)4/h17,19H,8-16H2,1-7H3/t17-,19-,22-/m1/s1. The minimum atomic E-state index is -1.75. The number of carbonyl (C=O) groups excluding carboxylic acids is 1. The number of carbonyl (C=O) groups is 1. The Morgan fingerprint density at radius 2 is 1.96 bits per heavy atom. The summed E-state index contributed by atoms with van der Waals surface area (Å²) in [4.78, 5) is 17.3. The fourth-order valence-corrected chi connectivity index (χ4v) is 5.45. The molecule has 3 nitrogen and oxygen atoms in total. The van der Waals surface area contributed by atoms with Gasteiger partial charge < -0.3 is 4.43 Å². The van der Waals surface area contributed by atoms with Crippen molar-refractivity contribution in [1.29, 1.82) is 0 Å². The lowest BCUT2D eigenvalue weighted by Crippen LogP contribution is -2.44. The first-order chi connectivity index (χ1) is 11.9. The van der Waals surface area contributed by atoms with E-state index in [4.69, 9.17) is 9.42 Å². The molecule has 2 aliphatic rings. The fraction of sp³-hybridized carbons (Fsp3) is 0.909. The Balaban J connectivity index is 1.97. The first-order valence-electron chi connectivity index (χ1n) is 10.7. The van der Waals surface area contributed by atoms with E-state index in [2.05, 4.69) is 47.7 Å². The number of ketones is 1. The number of Topliss-reactive ketones (excluding diaryl/α,β-unsaturated/α-hetero) is 1. The zero-order chi connectivity index (χ0) is 19.6. The molecule has 0 spiro atoms. The average Bonchev–Trinajstić information content (AvgIpc) is 2.68. The van der Waals surface area contributed by atoms with Crippen molar-refractivity contribution in [2.24, 2.45) is 16.3 Å². The van der Waals surface area contributed by atoms with Crippen LogP contribution in [0.15, 0.2) is 4.99 Å². The van der Waals surface area contributed by atoms with Gasteiger partial charge in [0, 0.05) is 17.5 Å². The van der Waals surface area contributed by atoms with Gasteiger partial charge in [0.05, 0.1) is 12.6 Å². The molecule has 26 heavy (non-hydrogen) atoms. The Morgan fingerprint density at radius 3 is 2.58 bits per heavy atom. The van der Waals surface area contributed by atoms with Gasteiger partial charge in [-0.15, -0.1) is 0 Å². The number of aliphatic imine (C=N–C) groups is 1. The predicted octanol–water partition coefficient (Wildman–Crippen LogP) is 6.18. The summed E-state index contributed by atoms with van der Waals surface area (Å²) in [6.45, 7) is 16.9. The van der Waals surface area contributed by atoms with E-state index in [9.17, 15) is 4.79 Å². The van der Waals surface area contributed by atoms with Gasteiger partial charge in [0.1, 0.15) is 5.78 Å². The number of nitrogens with zero attached hydrogens (tertiary/aromatic N) is 1. The van der Waals surface area contributed by atoms with Crippen LogP contribution in [0.5, 0.6) is 0 Å². The van der Waals surface area contributed by atoms with Gasteiger partial charge in [0.15, 0.2) is 8.32 Å². The molecule has 4 heteroatoms. The van der Waals surface area contributed by atoms with Gasteiger partial charge in [-0.1, -0.05) is 41.0 Å². The maximum Gasteiger partial charge on any atom is 0.192 e. The van der Waals surface area contributed by atoms with Crippen molar-refractivity contribution in [3.63, 3.8) is 0 Å². The van der Waals surface area contributed by atoms with Crippen molar-refractivity contribution in [2.75, 3.05) is 6.54 Å². The van der Waals surface area contributed by atoms with Gasteiger partial charge in [0.25, 0.3) is 0 Å². The van der Waals surface area contributed by atoms with E-state index in [1.807, 2.05) is 0 Å². The lowest BCUT2D eigenvalue weighted by Gasteiger charge is -2.39. The molecule has 0 amide bonds. The van der Waals surface area contributed by atoms with Crippen molar-refractivity contribution in [3.05, 3.63) is 0 Å². The molecule has 0 aromatic heterocycles. The highest BCUT2D eigenvalue weighted by atomic mass is 28.4. The van der Waals surface area contributed by atoms with Crippen LogP contribution >= 0.6 is 0 Å². The summed E-state index contributed by atoms with van der Waals surface area (Å²) < 4.78 is 6.65. The molecular weight excluding hydrogens is 338 g/mol. The molecule has 3 atom stereocenters. The second-order valence-electron chi connectivity index (χ2n) is 10.6. The molecule has 0 bridgehead atoms. The molecule has 0 radical (unpaired) electrons. The first kappa shape index (κ1) is 21.8. The van der Waals surface area contributed by atoms with Crippen LogP contribution in [0.25, 0.3) is 0 Å². The Kier molecular flexibility index (Phi) is 6.93. The third-order valence-corrected chi connectivity index (χ3v) is 11.6. The van der Waals surface area contributed by atoms with Gasteiger partial charge in [-0.3, -0.25) is 9.79 Å². The first-order valence-corrected chi connectivity index (χ1v) is 13.6. The molecule has 1 aliphatic heterocycles. The molecule has 1 aliphatic carbocycles. The van der Waals surface area contributed by atoms with Crippen LogP contribution in [0.3, 0.4) is 0 Å². The molecule has 1 heterocycles. The van der Waals surface area contributed by atoms with Gasteiger partial charge in [0.2, 0.25) is 0 Å². The number of hydrogen-bond acceptors (Lipinski definition) is 3. The van der Waals surface area contributed by atoms with Gasteiger partial charge in [-0.25, -0.2) is 0 Å².